The molecule has 3 heteroatoms. The van der Waals surface area contributed by atoms with Crippen molar-refractivity contribution >= 4 is 10.8 Å². The molecule has 0 aliphatic rings. The highest BCUT2D eigenvalue weighted by molar-refractivity contribution is 5.92. The fourth-order valence-electron chi connectivity index (χ4n) is 2.10. The van der Waals surface area contributed by atoms with Crippen molar-refractivity contribution in [1.29, 1.82) is 5.26 Å². The summed E-state index contributed by atoms with van der Waals surface area (Å²) >= 11 is 0. The van der Waals surface area contributed by atoms with Crippen LogP contribution in [0.25, 0.3) is 10.8 Å². The highest BCUT2D eigenvalue weighted by atomic mass is 16.5. The Labute approximate surface area is 116 Å². The maximum atomic E-state index is 9.27. The average molecular weight is 261 g/mol. The SMILES string of the molecule is N#Cc1ccc(Oc2ccc(O)cc2)c2ccccc12. The van der Waals surface area contributed by atoms with Crippen molar-refractivity contribution < 1.29 is 9.84 Å². The average Bonchev–Trinajstić information content (AvgIpc) is 2.50. The fourth-order valence-corrected chi connectivity index (χ4v) is 2.10. The Morgan fingerprint density at radius 1 is 0.850 bits per heavy atom. The van der Waals surface area contributed by atoms with Crippen molar-refractivity contribution in [3.05, 3.63) is 66.2 Å². The molecule has 0 atom stereocenters. The molecule has 20 heavy (non-hydrogen) atoms. The van der Waals surface area contributed by atoms with Crippen LogP contribution in [0.4, 0.5) is 0 Å². The van der Waals surface area contributed by atoms with Crippen LogP contribution in [0.5, 0.6) is 17.2 Å². The molecular formula is C17H11NO2. The summed E-state index contributed by atoms with van der Waals surface area (Å²) in [6, 6.07) is 19.9. The minimum Gasteiger partial charge on any atom is -0.508 e. The van der Waals surface area contributed by atoms with Gasteiger partial charge in [0.1, 0.15) is 17.2 Å². The van der Waals surface area contributed by atoms with Gasteiger partial charge in [-0.05, 0) is 36.4 Å². The van der Waals surface area contributed by atoms with Crippen LogP contribution >= 0.6 is 0 Å². The molecule has 0 aromatic heterocycles. The number of hydrogen-bond acceptors (Lipinski definition) is 3. The van der Waals surface area contributed by atoms with E-state index in [0.29, 0.717) is 17.1 Å². The Bertz CT molecular complexity index is 801. The first-order chi connectivity index (χ1) is 9.78. The third kappa shape index (κ3) is 2.15. The summed E-state index contributed by atoms with van der Waals surface area (Å²) in [6.07, 6.45) is 0. The Kier molecular flexibility index (Phi) is 2.98. The third-order valence-electron chi connectivity index (χ3n) is 3.07. The van der Waals surface area contributed by atoms with E-state index in [9.17, 15) is 5.11 Å². The van der Waals surface area contributed by atoms with E-state index in [1.165, 1.54) is 0 Å². The van der Waals surface area contributed by atoms with E-state index in [-0.39, 0.29) is 5.75 Å². The summed E-state index contributed by atoms with van der Waals surface area (Å²) in [7, 11) is 0. The van der Waals surface area contributed by atoms with Crippen LogP contribution in [-0.2, 0) is 0 Å². The molecule has 3 rings (SSSR count). The van der Waals surface area contributed by atoms with Crippen molar-refractivity contribution in [3.8, 4) is 23.3 Å². The van der Waals surface area contributed by atoms with E-state index in [2.05, 4.69) is 6.07 Å². The molecule has 0 unspecified atom stereocenters. The number of benzene rings is 3. The molecule has 1 N–H and O–H groups in total. The lowest BCUT2D eigenvalue weighted by Gasteiger charge is -2.10. The molecule has 0 spiro atoms. The van der Waals surface area contributed by atoms with Crippen LogP contribution in [0.3, 0.4) is 0 Å². The predicted octanol–water partition coefficient (Wildman–Crippen LogP) is 4.21. The lowest BCUT2D eigenvalue weighted by atomic mass is 10.0. The maximum Gasteiger partial charge on any atom is 0.135 e. The maximum absolute atomic E-state index is 9.27. The number of phenols is 1. The first-order valence-corrected chi connectivity index (χ1v) is 6.16. The summed E-state index contributed by atoms with van der Waals surface area (Å²) < 4.78 is 5.83. The van der Waals surface area contributed by atoms with Crippen LogP contribution in [-0.4, -0.2) is 5.11 Å². The number of rotatable bonds is 2. The van der Waals surface area contributed by atoms with Gasteiger partial charge < -0.3 is 9.84 Å². The minimum atomic E-state index is 0.196. The van der Waals surface area contributed by atoms with Crippen molar-refractivity contribution in [2.45, 2.75) is 0 Å². The zero-order chi connectivity index (χ0) is 13.9. The lowest BCUT2D eigenvalue weighted by molar-refractivity contribution is 0.466. The Morgan fingerprint density at radius 2 is 1.55 bits per heavy atom. The zero-order valence-corrected chi connectivity index (χ0v) is 10.6. The summed E-state index contributed by atoms with van der Waals surface area (Å²) in [5, 5.41) is 20.2. The van der Waals surface area contributed by atoms with Crippen molar-refractivity contribution in [2.75, 3.05) is 0 Å². The van der Waals surface area contributed by atoms with E-state index >= 15 is 0 Å². The van der Waals surface area contributed by atoms with Gasteiger partial charge in [-0.2, -0.15) is 5.26 Å². The van der Waals surface area contributed by atoms with Gasteiger partial charge in [0.25, 0.3) is 0 Å². The predicted molar refractivity (Wildman–Crippen MR) is 76.8 cm³/mol. The Balaban J connectivity index is 2.09. The van der Waals surface area contributed by atoms with Gasteiger partial charge in [-0.1, -0.05) is 24.3 Å². The van der Waals surface area contributed by atoms with E-state index in [4.69, 9.17) is 10.00 Å². The van der Waals surface area contributed by atoms with Crippen LogP contribution in [0.1, 0.15) is 5.56 Å². The highest BCUT2D eigenvalue weighted by Gasteiger charge is 2.07. The second kappa shape index (κ2) is 4.94. The van der Waals surface area contributed by atoms with Gasteiger partial charge >= 0.3 is 0 Å². The monoisotopic (exact) mass is 261 g/mol. The second-order valence-electron chi connectivity index (χ2n) is 4.36. The van der Waals surface area contributed by atoms with Gasteiger partial charge in [-0.3, -0.25) is 0 Å². The molecule has 0 heterocycles. The molecule has 0 fully saturated rings. The summed E-state index contributed by atoms with van der Waals surface area (Å²) in [5.41, 5.74) is 0.624. The molecule has 3 nitrogen and oxygen atoms in total. The lowest BCUT2D eigenvalue weighted by Crippen LogP contribution is -1.87. The molecule has 0 radical (unpaired) electrons. The van der Waals surface area contributed by atoms with Crippen LogP contribution in [0.2, 0.25) is 0 Å². The first kappa shape index (κ1) is 12.1. The fraction of sp³-hybridized carbons (Fsp3) is 0. The highest BCUT2D eigenvalue weighted by Crippen LogP contribution is 2.32. The number of nitrogens with zero attached hydrogens (tertiary/aromatic N) is 1. The molecule has 0 bridgehead atoms. The smallest absolute Gasteiger partial charge is 0.135 e. The van der Waals surface area contributed by atoms with E-state index in [1.807, 2.05) is 24.3 Å². The number of fused-ring (bicyclic) bond motifs is 1. The van der Waals surface area contributed by atoms with Gasteiger partial charge in [-0.15, -0.1) is 0 Å². The number of phenolic OH excluding ortho intramolecular Hbond substituents is 1. The van der Waals surface area contributed by atoms with Gasteiger partial charge in [0.15, 0.2) is 0 Å². The molecule has 0 aliphatic heterocycles. The largest absolute Gasteiger partial charge is 0.508 e. The van der Waals surface area contributed by atoms with Crippen LogP contribution in [0.15, 0.2) is 60.7 Å². The minimum absolute atomic E-state index is 0.196. The van der Waals surface area contributed by atoms with Gasteiger partial charge in [-0.25, -0.2) is 0 Å². The third-order valence-corrected chi connectivity index (χ3v) is 3.07. The van der Waals surface area contributed by atoms with Crippen molar-refractivity contribution in [3.63, 3.8) is 0 Å². The van der Waals surface area contributed by atoms with E-state index in [0.717, 1.165) is 10.8 Å². The molecule has 0 saturated carbocycles. The van der Waals surface area contributed by atoms with Crippen molar-refractivity contribution in [1.82, 2.24) is 0 Å². The van der Waals surface area contributed by atoms with Crippen LogP contribution in [0, 0.1) is 11.3 Å². The Morgan fingerprint density at radius 3 is 2.25 bits per heavy atom. The normalized spacial score (nSPS) is 10.2. The number of aromatic hydroxyl groups is 1. The summed E-state index contributed by atoms with van der Waals surface area (Å²) in [5.74, 6) is 1.52. The molecule has 3 aromatic carbocycles. The topological polar surface area (TPSA) is 53.2 Å². The molecule has 0 saturated heterocycles. The second-order valence-corrected chi connectivity index (χ2v) is 4.36. The summed E-state index contributed by atoms with van der Waals surface area (Å²) in [4.78, 5) is 0. The zero-order valence-electron chi connectivity index (χ0n) is 10.6. The number of nitriles is 1. The van der Waals surface area contributed by atoms with Gasteiger partial charge in [0.2, 0.25) is 0 Å². The molecule has 3 aromatic rings. The van der Waals surface area contributed by atoms with Gasteiger partial charge in [0.05, 0.1) is 11.6 Å². The standard InChI is InChI=1S/C17H11NO2/c18-11-12-5-10-17(16-4-2-1-3-15(12)16)20-14-8-6-13(19)7-9-14/h1-10,19H. The molecule has 0 amide bonds. The molecule has 0 aliphatic carbocycles. The van der Waals surface area contributed by atoms with E-state index < -0.39 is 0 Å². The van der Waals surface area contributed by atoms with E-state index in [1.54, 1.807) is 36.4 Å². The van der Waals surface area contributed by atoms with Gasteiger partial charge in [0, 0.05) is 10.8 Å². The first-order valence-electron chi connectivity index (χ1n) is 6.16. The molecule has 96 valence electrons. The number of ether oxygens (including phenoxy) is 1. The Hall–Kier alpha value is -2.99. The molecular weight excluding hydrogens is 250 g/mol. The van der Waals surface area contributed by atoms with Crippen molar-refractivity contribution in [2.24, 2.45) is 0 Å². The number of hydrogen-bond donors (Lipinski definition) is 1. The van der Waals surface area contributed by atoms with Crippen LogP contribution < -0.4 is 4.74 Å². The quantitative estimate of drug-likeness (QED) is 0.751. The summed E-state index contributed by atoms with van der Waals surface area (Å²) in [6.45, 7) is 0.